The number of aromatic amines is 1. The normalized spacial score (nSPS) is 11.6. The first-order valence-corrected chi connectivity index (χ1v) is 8.32. The average molecular weight is 401 g/mol. The molecule has 1 aromatic heterocycles. The van der Waals surface area contributed by atoms with Crippen LogP contribution in [0.15, 0.2) is 51.7 Å². The standard InChI is InChI=1S/C19H17BrN2O3/c1-12-16(9-13-7-8-17(24-2)18(10-13)25-3)19(23)22(21-12)15-6-4-5-14(20)11-15/h4-11,21H,1H2,2-3H3/b16-9-. The van der Waals surface area contributed by atoms with Crippen molar-refractivity contribution in [3.8, 4) is 17.2 Å². The highest BCUT2D eigenvalue weighted by Crippen LogP contribution is 2.27. The van der Waals surface area contributed by atoms with Gasteiger partial charge < -0.3 is 9.47 Å². The topological polar surface area (TPSA) is 56.2 Å². The Morgan fingerprint density at radius 1 is 1.12 bits per heavy atom. The molecule has 0 atom stereocenters. The Labute approximate surface area is 152 Å². The van der Waals surface area contributed by atoms with Crippen LogP contribution >= 0.6 is 15.9 Å². The molecule has 5 nitrogen and oxygen atoms in total. The largest absolute Gasteiger partial charge is 0.493 e. The highest BCUT2D eigenvalue weighted by molar-refractivity contribution is 9.10. The van der Waals surface area contributed by atoms with Gasteiger partial charge in [-0.15, -0.1) is 0 Å². The van der Waals surface area contributed by atoms with E-state index in [1.807, 2.05) is 36.4 Å². The Hall–Kier alpha value is -2.73. The first kappa shape index (κ1) is 17.1. The maximum atomic E-state index is 12.8. The number of hydrogen-bond donors (Lipinski definition) is 1. The van der Waals surface area contributed by atoms with Crippen molar-refractivity contribution in [2.75, 3.05) is 14.2 Å². The van der Waals surface area contributed by atoms with Crippen molar-refractivity contribution in [3.63, 3.8) is 0 Å². The Morgan fingerprint density at radius 2 is 1.88 bits per heavy atom. The fourth-order valence-electron chi connectivity index (χ4n) is 2.55. The molecule has 1 heterocycles. The van der Waals surface area contributed by atoms with Gasteiger partial charge in [-0.05, 0) is 42.0 Å². The van der Waals surface area contributed by atoms with Gasteiger partial charge in [0.2, 0.25) is 0 Å². The predicted octanol–water partition coefficient (Wildman–Crippen LogP) is 2.18. The summed E-state index contributed by atoms with van der Waals surface area (Å²) in [4.78, 5) is 12.8. The number of ether oxygens (including phenoxy) is 2. The second-order valence-electron chi connectivity index (χ2n) is 5.38. The molecule has 3 rings (SSSR count). The van der Waals surface area contributed by atoms with Crippen molar-refractivity contribution in [3.05, 3.63) is 73.4 Å². The minimum Gasteiger partial charge on any atom is -0.493 e. The fourth-order valence-corrected chi connectivity index (χ4v) is 2.94. The van der Waals surface area contributed by atoms with Gasteiger partial charge in [-0.25, -0.2) is 4.68 Å². The lowest BCUT2D eigenvalue weighted by Crippen LogP contribution is -2.33. The van der Waals surface area contributed by atoms with E-state index in [0.717, 1.165) is 15.7 Å². The van der Waals surface area contributed by atoms with E-state index in [1.54, 1.807) is 26.4 Å². The molecule has 0 bridgehead atoms. The first-order chi connectivity index (χ1) is 12.0. The van der Waals surface area contributed by atoms with Crippen molar-refractivity contribution >= 4 is 28.6 Å². The molecule has 1 N–H and O–H groups in total. The molecule has 0 fully saturated rings. The number of nitrogens with zero attached hydrogens (tertiary/aromatic N) is 1. The van der Waals surface area contributed by atoms with Crippen LogP contribution < -0.4 is 25.6 Å². The third-order valence-corrected chi connectivity index (χ3v) is 4.28. The molecule has 0 aliphatic carbocycles. The van der Waals surface area contributed by atoms with E-state index in [1.165, 1.54) is 4.68 Å². The van der Waals surface area contributed by atoms with Gasteiger partial charge in [0.15, 0.2) is 11.5 Å². The number of halogens is 1. The third-order valence-electron chi connectivity index (χ3n) is 3.79. The molecular formula is C19H17BrN2O3. The van der Waals surface area contributed by atoms with E-state index in [4.69, 9.17) is 9.47 Å². The van der Waals surface area contributed by atoms with E-state index in [0.29, 0.717) is 22.1 Å². The molecule has 128 valence electrons. The Balaban J connectivity index is 2.14. The SMILES string of the molecule is C=c1[nH]n(-c2cccc(Br)c2)c(=O)/c1=C\c1ccc(OC)c(OC)c1. The van der Waals surface area contributed by atoms with Gasteiger partial charge in [0.05, 0.1) is 30.5 Å². The number of nitrogens with one attached hydrogen (secondary N) is 1. The Bertz CT molecular complexity index is 1080. The first-order valence-electron chi connectivity index (χ1n) is 7.53. The molecule has 0 unspecified atom stereocenters. The number of hydrogen-bond acceptors (Lipinski definition) is 3. The van der Waals surface area contributed by atoms with E-state index in [2.05, 4.69) is 27.6 Å². The molecule has 0 aliphatic heterocycles. The maximum Gasteiger partial charge on any atom is 0.279 e. The highest BCUT2D eigenvalue weighted by Gasteiger charge is 2.07. The van der Waals surface area contributed by atoms with Gasteiger partial charge in [-0.3, -0.25) is 9.89 Å². The van der Waals surface area contributed by atoms with Gasteiger partial charge in [0.25, 0.3) is 5.56 Å². The summed E-state index contributed by atoms with van der Waals surface area (Å²) in [7, 11) is 3.16. The van der Waals surface area contributed by atoms with Gasteiger partial charge in [-0.1, -0.05) is 34.6 Å². The molecule has 0 amide bonds. The maximum absolute atomic E-state index is 12.8. The zero-order valence-corrected chi connectivity index (χ0v) is 15.5. The van der Waals surface area contributed by atoms with Crippen molar-refractivity contribution in [2.45, 2.75) is 0 Å². The second-order valence-corrected chi connectivity index (χ2v) is 6.30. The molecule has 6 heteroatoms. The van der Waals surface area contributed by atoms with Crippen molar-refractivity contribution < 1.29 is 9.47 Å². The zero-order valence-electron chi connectivity index (χ0n) is 13.9. The second kappa shape index (κ2) is 7.03. The lowest BCUT2D eigenvalue weighted by atomic mass is 10.1. The summed E-state index contributed by atoms with van der Waals surface area (Å²) in [6.45, 7) is 3.95. The molecule has 25 heavy (non-hydrogen) atoms. The number of aromatic nitrogens is 2. The Morgan fingerprint density at radius 3 is 2.56 bits per heavy atom. The van der Waals surface area contributed by atoms with Crippen LogP contribution in [-0.4, -0.2) is 24.0 Å². The van der Waals surface area contributed by atoms with E-state index < -0.39 is 0 Å². The number of H-pyrrole nitrogens is 1. The molecule has 0 saturated heterocycles. The molecular weight excluding hydrogens is 384 g/mol. The van der Waals surface area contributed by atoms with Gasteiger partial charge in [0, 0.05) is 4.47 Å². The molecule has 2 aromatic carbocycles. The molecule has 0 radical (unpaired) electrons. The molecule has 0 spiro atoms. The molecule has 0 saturated carbocycles. The quantitative estimate of drug-likeness (QED) is 0.730. The predicted molar refractivity (Wildman–Crippen MR) is 102 cm³/mol. The average Bonchev–Trinajstić information content (AvgIpc) is 2.89. The summed E-state index contributed by atoms with van der Waals surface area (Å²) in [5.74, 6) is 1.24. The summed E-state index contributed by atoms with van der Waals surface area (Å²) in [6, 6.07) is 12.9. The van der Waals surface area contributed by atoms with E-state index >= 15 is 0 Å². The van der Waals surface area contributed by atoms with Crippen LogP contribution in [-0.2, 0) is 0 Å². The third kappa shape index (κ3) is 3.39. The van der Waals surface area contributed by atoms with E-state index in [9.17, 15) is 4.79 Å². The number of methoxy groups -OCH3 is 2. The van der Waals surface area contributed by atoms with Crippen LogP contribution in [0.2, 0.25) is 0 Å². The summed E-state index contributed by atoms with van der Waals surface area (Å²) in [5.41, 5.74) is 1.38. The van der Waals surface area contributed by atoms with Crippen molar-refractivity contribution in [2.24, 2.45) is 0 Å². The summed E-state index contributed by atoms with van der Waals surface area (Å²) >= 11 is 3.41. The molecule has 0 aliphatic rings. The van der Waals surface area contributed by atoms with Crippen molar-refractivity contribution in [1.29, 1.82) is 0 Å². The van der Waals surface area contributed by atoms with Crippen molar-refractivity contribution in [1.82, 2.24) is 9.78 Å². The van der Waals surface area contributed by atoms with Crippen LogP contribution in [0.4, 0.5) is 0 Å². The van der Waals surface area contributed by atoms with E-state index in [-0.39, 0.29) is 5.56 Å². The fraction of sp³-hybridized carbons (Fsp3) is 0.105. The molecule has 3 aromatic rings. The zero-order chi connectivity index (χ0) is 18.0. The van der Waals surface area contributed by atoms with Crippen LogP contribution in [0.3, 0.4) is 0 Å². The highest BCUT2D eigenvalue weighted by atomic mass is 79.9. The smallest absolute Gasteiger partial charge is 0.279 e. The van der Waals surface area contributed by atoms with Gasteiger partial charge in [0.1, 0.15) is 0 Å². The monoisotopic (exact) mass is 400 g/mol. The minimum atomic E-state index is -0.169. The number of benzene rings is 2. The van der Waals surface area contributed by atoms with Gasteiger partial charge >= 0.3 is 0 Å². The number of rotatable bonds is 4. The van der Waals surface area contributed by atoms with Crippen LogP contribution in [0.25, 0.3) is 18.3 Å². The van der Waals surface area contributed by atoms with Crippen LogP contribution in [0.5, 0.6) is 11.5 Å². The van der Waals surface area contributed by atoms with Crippen LogP contribution in [0.1, 0.15) is 5.56 Å². The summed E-state index contributed by atoms with van der Waals surface area (Å²) in [6.07, 6.45) is 1.78. The lowest BCUT2D eigenvalue weighted by molar-refractivity contribution is 0.355. The van der Waals surface area contributed by atoms with Gasteiger partial charge in [-0.2, -0.15) is 0 Å². The Kier molecular flexibility index (Phi) is 4.81. The lowest BCUT2D eigenvalue weighted by Gasteiger charge is -2.07. The summed E-state index contributed by atoms with van der Waals surface area (Å²) in [5, 5.41) is 4.05. The summed E-state index contributed by atoms with van der Waals surface area (Å²) < 4.78 is 12.9. The van der Waals surface area contributed by atoms with Crippen LogP contribution in [0, 0.1) is 0 Å². The minimum absolute atomic E-state index is 0.169.